The van der Waals surface area contributed by atoms with E-state index in [4.69, 9.17) is 10.5 Å². The van der Waals surface area contributed by atoms with Gasteiger partial charge in [0.2, 0.25) is 11.8 Å². The maximum Gasteiger partial charge on any atom is 0.241 e. The normalized spacial score (nSPS) is 14.7. The maximum atomic E-state index is 12.7. The lowest BCUT2D eigenvalue weighted by Crippen LogP contribution is -2.37. The second kappa shape index (κ2) is 11.5. The number of hydrogen-bond donors (Lipinski definition) is 3. The number of amides is 2. The fraction of sp³-hybridized carbons (Fsp3) is 0.286. The van der Waals surface area contributed by atoms with Gasteiger partial charge in [0.15, 0.2) is 0 Å². The first-order valence-electron chi connectivity index (χ1n) is 11.9. The summed E-state index contributed by atoms with van der Waals surface area (Å²) in [6, 6.07) is 23.6. The number of benzene rings is 3. The minimum atomic E-state index is -0.729. The number of hydrogen-bond acceptors (Lipinski definition) is 4. The summed E-state index contributed by atoms with van der Waals surface area (Å²) < 4.78 is 5.87. The molecule has 1 atom stereocenters. The van der Waals surface area contributed by atoms with E-state index < -0.39 is 6.04 Å². The highest BCUT2D eigenvalue weighted by Gasteiger charge is 2.21. The molecule has 0 aliphatic heterocycles. The lowest BCUT2D eigenvalue weighted by molar-refractivity contribution is -0.120. The Kier molecular flexibility index (Phi) is 7.94. The summed E-state index contributed by atoms with van der Waals surface area (Å²) in [6.45, 7) is 0. The van der Waals surface area contributed by atoms with Crippen LogP contribution in [-0.2, 0) is 16.0 Å². The first-order valence-corrected chi connectivity index (χ1v) is 11.9. The zero-order chi connectivity index (χ0) is 23.8. The topological polar surface area (TPSA) is 93.4 Å². The van der Waals surface area contributed by atoms with Crippen LogP contribution in [0.2, 0.25) is 0 Å². The molecule has 6 nitrogen and oxygen atoms in total. The molecule has 0 saturated heterocycles. The van der Waals surface area contributed by atoms with Gasteiger partial charge in [-0.3, -0.25) is 9.59 Å². The van der Waals surface area contributed by atoms with E-state index in [1.165, 1.54) is 6.42 Å². The fourth-order valence-electron chi connectivity index (χ4n) is 4.23. The number of anilines is 2. The summed E-state index contributed by atoms with van der Waals surface area (Å²) in [6.07, 6.45) is 5.66. The predicted octanol–water partition coefficient (Wildman–Crippen LogP) is 5.51. The van der Waals surface area contributed by atoms with E-state index in [0.717, 1.165) is 37.0 Å². The number of carbonyl (C=O) groups excluding carboxylic acids is 2. The van der Waals surface area contributed by atoms with Gasteiger partial charge in [-0.2, -0.15) is 0 Å². The van der Waals surface area contributed by atoms with Crippen LogP contribution in [0.15, 0.2) is 78.9 Å². The van der Waals surface area contributed by atoms with Crippen molar-refractivity contribution in [1.82, 2.24) is 0 Å². The molecule has 1 fully saturated rings. The van der Waals surface area contributed by atoms with E-state index in [2.05, 4.69) is 10.6 Å². The Balaban J connectivity index is 1.32. The molecule has 3 aromatic rings. The fourth-order valence-corrected chi connectivity index (χ4v) is 4.23. The standard InChI is InChI=1S/C28H31N3O3/c29-26(18-20-9-7-16-25(17-20)34-24-14-5-2-6-15-24)28(33)31-23-13-8-12-22(19-23)30-27(32)21-10-3-1-4-11-21/h2,5-9,12-17,19,21,26H,1,3-4,10-11,18,29H2,(H,30,32)(H,31,33). The molecule has 1 aliphatic rings. The van der Waals surface area contributed by atoms with Crippen molar-refractivity contribution >= 4 is 23.2 Å². The number of ether oxygens (including phenoxy) is 1. The molecule has 1 aliphatic carbocycles. The third-order valence-corrected chi connectivity index (χ3v) is 6.04. The zero-order valence-electron chi connectivity index (χ0n) is 19.2. The molecule has 4 rings (SSSR count). The molecular formula is C28H31N3O3. The van der Waals surface area contributed by atoms with Crippen molar-refractivity contribution in [2.75, 3.05) is 10.6 Å². The van der Waals surface area contributed by atoms with E-state index >= 15 is 0 Å². The second-order valence-corrected chi connectivity index (χ2v) is 8.77. The Morgan fingerprint density at radius 2 is 1.50 bits per heavy atom. The summed E-state index contributed by atoms with van der Waals surface area (Å²) >= 11 is 0. The van der Waals surface area contributed by atoms with Gasteiger partial charge in [-0.15, -0.1) is 0 Å². The van der Waals surface area contributed by atoms with Crippen molar-refractivity contribution in [2.24, 2.45) is 11.7 Å². The van der Waals surface area contributed by atoms with E-state index in [1.54, 1.807) is 12.1 Å². The van der Waals surface area contributed by atoms with Gasteiger partial charge >= 0.3 is 0 Å². The zero-order valence-corrected chi connectivity index (χ0v) is 19.2. The Bertz CT molecular complexity index is 1110. The smallest absolute Gasteiger partial charge is 0.241 e. The van der Waals surface area contributed by atoms with Crippen molar-refractivity contribution < 1.29 is 14.3 Å². The Labute approximate surface area is 200 Å². The highest BCUT2D eigenvalue weighted by atomic mass is 16.5. The minimum Gasteiger partial charge on any atom is -0.457 e. The van der Waals surface area contributed by atoms with Crippen molar-refractivity contribution in [3.05, 3.63) is 84.4 Å². The first kappa shape index (κ1) is 23.5. The lowest BCUT2D eigenvalue weighted by atomic mass is 9.88. The number of rotatable bonds is 8. The van der Waals surface area contributed by atoms with Gasteiger partial charge in [0.25, 0.3) is 0 Å². The highest BCUT2D eigenvalue weighted by molar-refractivity contribution is 5.97. The van der Waals surface area contributed by atoms with E-state index in [9.17, 15) is 9.59 Å². The van der Waals surface area contributed by atoms with Crippen molar-refractivity contribution in [3.8, 4) is 11.5 Å². The summed E-state index contributed by atoms with van der Waals surface area (Å²) in [5, 5.41) is 5.85. The largest absolute Gasteiger partial charge is 0.457 e. The summed E-state index contributed by atoms with van der Waals surface area (Å²) in [4.78, 5) is 25.2. The number of nitrogens with two attached hydrogens (primary N) is 1. The van der Waals surface area contributed by atoms with Crippen molar-refractivity contribution in [3.63, 3.8) is 0 Å². The molecule has 34 heavy (non-hydrogen) atoms. The average Bonchev–Trinajstić information content (AvgIpc) is 2.85. The van der Waals surface area contributed by atoms with Crippen LogP contribution in [0.3, 0.4) is 0 Å². The van der Waals surface area contributed by atoms with Gasteiger partial charge < -0.3 is 21.1 Å². The van der Waals surface area contributed by atoms with Gasteiger partial charge in [0.05, 0.1) is 6.04 Å². The molecule has 1 saturated carbocycles. The second-order valence-electron chi connectivity index (χ2n) is 8.77. The average molecular weight is 458 g/mol. The van der Waals surface area contributed by atoms with E-state index in [1.807, 2.05) is 66.7 Å². The first-order chi connectivity index (χ1) is 16.6. The number of para-hydroxylation sites is 1. The molecule has 4 N–H and O–H groups in total. The molecular weight excluding hydrogens is 426 g/mol. The molecule has 0 radical (unpaired) electrons. The molecule has 0 spiro atoms. The van der Waals surface area contributed by atoms with Gasteiger partial charge in [-0.25, -0.2) is 0 Å². The molecule has 1 unspecified atom stereocenters. The molecule has 0 bridgehead atoms. The summed E-state index contributed by atoms with van der Waals surface area (Å²) in [7, 11) is 0. The van der Waals surface area contributed by atoms with Crippen LogP contribution in [0.25, 0.3) is 0 Å². The maximum absolute atomic E-state index is 12.7. The third-order valence-electron chi connectivity index (χ3n) is 6.04. The van der Waals surface area contributed by atoms with Crippen LogP contribution in [-0.4, -0.2) is 17.9 Å². The molecule has 2 amide bonds. The number of carbonyl (C=O) groups is 2. The Hall–Kier alpha value is -3.64. The molecule has 3 aromatic carbocycles. The van der Waals surface area contributed by atoms with Gasteiger partial charge in [-0.1, -0.05) is 55.7 Å². The third kappa shape index (κ3) is 6.68. The van der Waals surface area contributed by atoms with Crippen molar-refractivity contribution in [1.29, 1.82) is 0 Å². The van der Waals surface area contributed by atoms with Gasteiger partial charge in [0, 0.05) is 17.3 Å². The summed E-state index contributed by atoms with van der Waals surface area (Å²) in [5.41, 5.74) is 8.37. The van der Waals surface area contributed by atoms with Crippen LogP contribution >= 0.6 is 0 Å². The van der Waals surface area contributed by atoms with Crippen molar-refractivity contribution in [2.45, 2.75) is 44.6 Å². The van der Waals surface area contributed by atoms with Crippen LogP contribution in [0.5, 0.6) is 11.5 Å². The number of nitrogens with one attached hydrogen (secondary N) is 2. The van der Waals surface area contributed by atoms with Crippen LogP contribution in [0.4, 0.5) is 11.4 Å². The SMILES string of the molecule is NC(Cc1cccc(Oc2ccccc2)c1)C(=O)Nc1cccc(NC(=O)C2CCCCC2)c1. The van der Waals surface area contributed by atoms with E-state index in [0.29, 0.717) is 23.5 Å². The van der Waals surface area contributed by atoms with Gasteiger partial charge in [0.1, 0.15) is 11.5 Å². The minimum absolute atomic E-state index is 0.0532. The monoisotopic (exact) mass is 457 g/mol. The molecule has 0 heterocycles. The van der Waals surface area contributed by atoms with E-state index in [-0.39, 0.29) is 17.7 Å². The highest BCUT2D eigenvalue weighted by Crippen LogP contribution is 2.26. The molecule has 176 valence electrons. The van der Waals surface area contributed by atoms with Gasteiger partial charge in [-0.05, 0) is 67.3 Å². The van der Waals surface area contributed by atoms with Crippen LogP contribution in [0.1, 0.15) is 37.7 Å². The quantitative estimate of drug-likeness (QED) is 0.416. The Morgan fingerprint density at radius 1 is 0.824 bits per heavy atom. The van der Waals surface area contributed by atoms with Crippen LogP contribution < -0.4 is 21.1 Å². The van der Waals surface area contributed by atoms with Crippen LogP contribution in [0, 0.1) is 5.92 Å². The summed E-state index contributed by atoms with van der Waals surface area (Å²) in [5.74, 6) is 1.28. The molecule has 6 heteroatoms. The predicted molar refractivity (Wildman–Crippen MR) is 135 cm³/mol. The Morgan fingerprint density at radius 3 is 2.26 bits per heavy atom. The molecule has 0 aromatic heterocycles. The lowest BCUT2D eigenvalue weighted by Gasteiger charge is -2.21.